The van der Waals surface area contributed by atoms with Crippen LogP contribution in [-0.2, 0) is 6.54 Å². The summed E-state index contributed by atoms with van der Waals surface area (Å²) in [6.45, 7) is 6.86. The number of piperazine rings is 1. The third-order valence-corrected chi connectivity index (χ3v) is 8.98. The zero-order valence-electron chi connectivity index (χ0n) is 23.9. The molecule has 1 aliphatic heterocycles. The van der Waals surface area contributed by atoms with Crippen molar-refractivity contribution in [1.29, 1.82) is 0 Å². The molecule has 1 N–H and O–H groups in total. The first kappa shape index (κ1) is 29.0. The first-order valence-electron chi connectivity index (χ1n) is 13.8. The van der Waals surface area contributed by atoms with Crippen molar-refractivity contribution in [3.8, 4) is 16.9 Å². The molecule has 0 amide bonds. The molecule has 1 aliphatic rings. The molecule has 5 aromatic rings. The largest absolute Gasteiger partial charge is 0.491 e. The van der Waals surface area contributed by atoms with E-state index in [-0.39, 0.29) is 30.1 Å². The summed E-state index contributed by atoms with van der Waals surface area (Å²) in [5.74, 6) is -0.446. The summed E-state index contributed by atoms with van der Waals surface area (Å²) in [6, 6.07) is 10.1. The fourth-order valence-electron chi connectivity index (χ4n) is 5.47. The molecule has 0 aliphatic carbocycles. The molecule has 222 valence electrons. The van der Waals surface area contributed by atoms with Crippen LogP contribution in [0.2, 0.25) is 5.02 Å². The Morgan fingerprint density at radius 2 is 1.86 bits per heavy atom. The van der Waals surface area contributed by atoms with Gasteiger partial charge in [0, 0.05) is 59.5 Å². The van der Waals surface area contributed by atoms with Crippen molar-refractivity contribution in [2.45, 2.75) is 20.4 Å². The van der Waals surface area contributed by atoms with Crippen LogP contribution in [-0.4, -0.2) is 70.3 Å². The molecule has 0 atom stereocenters. The van der Waals surface area contributed by atoms with Crippen molar-refractivity contribution >= 4 is 55.7 Å². The van der Waals surface area contributed by atoms with Crippen LogP contribution < -0.4 is 15.2 Å². The Morgan fingerprint density at radius 1 is 1.09 bits per heavy atom. The van der Waals surface area contributed by atoms with E-state index in [9.17, 15) is 14.7 Å². The first-order valence-corrected chi connectivity index (χ1v) is 15.1. The van der Waals surface area contributed by atoms with Crippen LogP contribution in [0.15, 0.2) is 46.6 Å². The molecule has 9 nitrogen and oxygen atoms in total. The molecule has 12 heteroatoms. The second kappa shape index (κ2) is 11.6. The van der Waals surface area contributed by atoms with Crippen LogP contribution in [0.3, 0.4) is 0 Å². The average Bonchev–Trinajstić information content (AvgIpc) is 3.39. The molecular formula is C31H29ClFN5O4S. The Kier molecular flexibility index (Phi) is 7.80. The smallest absolute Gasteiger partial charge is 0.338 e. The van der Waals surface area contributed by atoms with Gasteiger partial charge in [-0.15, -0.1) is 11.3 Å². The first-order chi connectivity index (χ1) is 20.6. The van der Waals surface area contributed by atoms with Gasteiger partial charge in [-0.3, -0.25) is 14.3 Å². The number of thiophene rings is 1. The summed E-state index contributed by atoms with van der Waals surface area (Å²) >= 11 is 7.68. The number of hydrogen-bond donors (Lipinski definition) is 1. The monoisotopic (exact) mass is 621 g/mol. The van der Waals surface area contributed by atoms with E-state index in [1.165, 1.54) is 22.0 Å². The highest BCUT2D eigenvalue weighted by atomic mass is 35.5. The number of fused-ring (bicyclic) bond motifs is 2. The Balaban J connectivity index is 1.30. The summed E-state index contributed by atoms with van der Waals surface area (Å²) in [4.78, 5) is 38.5. The van der Waals surface area contributed by atoms with Crippen molar-refractivity contribution in [2.75, 3.05) is 44.7 Å². The second-order valence-electron chi connectivity index (χ2n) is 10.7. The van der Waals surface area contributed by atoms with Crippen LogP contribution in [0.25, 0.3) is 32.2 Å². The summed E-state index contributed by atoms with van der Waals surface area (Å²) in [5, 5.41) is 12.1. The number of likely N-dealkylation sites (N-methyl/N-ethyl adjacent to an activating group) is 1. The van der Waals surface area contributed by atoms with E-state index in [0.717, 1.165) is 18.7 Å². The fourth-order valence-corrected chi connectivity index (χ4v) is 6.65. The van der Waals surface area contributed by atoms with Crippen molar-refractivity contribution < 1.29 is 19.0 Å². The van der Waals surface area contributed by atoms with Crippen LogP contribution >= 0.6 is 22.9 Å². The van der Waals surface area contributed by atoms with Gasteiger partial charge < -0.3 is 19.6 Å². The van der Waals surface area contributed by atoms with Crippen molar-refractivity contribution in [3.63, 3.8) is 0 Å². The van der Waals surface area contributed by atoms with Gasteiger partial charge in [-0.05, 0) is 51.2 Å². The lowest BCUT2D eigenvalue weighted by molar-refractivity contribution is 0.0699. The fraction of sp³-hybridized carbons (Fsp3) is 0.290. The molecule has 0 saturated carbocycles. The summed E-state index contributed by atoms with van der Waals surface area (Å²) in [7, 11) is 2.03. The Morgan fingerprint density at radius 3 is 2.60 bits per heavy atom. The van der Waals surface area contributed by atoms with E-state index >= 15 is 4.39 Å². The van der Waals surface area contributed by atoms with Crippen LogP contribution in [0.4, 0.5) is 10.1 Å². The molecule has 6 rings (SSSR count). The number of anilines is 1. The standard InChI is InChI=1S/C31H29ClFN5O4S/c1-17-12-21(29-28(34-17)23(16-43-29)31(40)41)20-13-19(32)4-5-27(20)42-11-10-38-18(2)35-25-15-24(33)26(14-22(25)30(38)39)37-8-6-36(3)7-9-37/h4-5,12-16H,6-11H2,1-3H3,(H,40,41). The number of carbonyl (C=O) groups is 1. The predicted octanol–water partition coefficient (Wildman–Crippen LogP) is 5.61. The van der Waals surface area contributed by atoms with Crippen LogP contribution in [0.1, 0.15) is 21.9 Å². The molecule has 1 saturated heterocycles. The Labute approximate surface area is 255 Å². The van der Waals surface area contributed by atoms with Crippen molar-refractivity contribution in [1.82, 2.24) is 19.4 Å². The van der Waals surface area contributed by atoms with Gasteiger partial charge in [-0.25, -0.2) is 14.2 Å². The van der Waals surface area contributed by atoms with Crippen LogP contribution in [0.5, 0.6) is 5.75 Å². The Hall–Kier alpha value is -4.06. The second-order valence-corrected chi connectivity index (χ2v) is 12.0. The maximum atomic E-state index is 15.1. The number of rotatable bonds is 7. The number of carboxylic acid groups (broad SMARTS) is 1. The molecule has 1 fully saturated rings. The molecule has 3 aromatic heterocycles. The number of aryl methyl sites for hydroxylation is 2. The van der Waals surface area contributed by atoms with Crippen molar-refractivity contribution in [3.05, 3.63) is 80.1 Å². The molecule has 2 aromatic carbocycles. The molecule has 4 heterocycles. The minimum Gasteiger partial charge on any atom is -0.491 e. The summed E-state index contributed by atoms with van der Waals surface area (Å²) < 4.78 is 23.5. The maximum absolute atomic E-state index is 15.1. The van der Waals surface area contributed by atoms with E-state index in [1.54, 1.807) is 43.5 Å². The van der Waals surface area contributed by atoms with E-state index in [0.29, 0.717) is 67.8 Å². The van der Waals surface area contributed by atoms with Gasteiger partial charge in [0.1, 0.15) is 24.0 Å². The van der Waals surface area contributed by atoms with Gasteiger partial charge in [0.15, 0.2) is 0 Å². The molecule has 0 unspecified atom stereocenters. The van der Waals surface area contributed by atoms with Gasteiger partial charge in [0.25, 0.3) is 5.56 Å². The van der Waals surface area contributed by atoms with E-state index < -0.39 is 5.97 Å². The molecule has 0 bridgehead atoms. The normalized spacial score (nSPS) is 14.1. The zero-order valence-corrected chi connectivity index (χ0v) is 25.4. The molecule has 0 spiro atoms. The Bertz CT molecular complexity index is 1950. The highest BCUT2D eigenvalue weighted by molar-refractivity contribution is 7.18. The van der Waals surface area contributed by atoms with E-state index in [1.807, 2.05) is 18.0 Å². The lowest BCUT2D eigenvalue weighted by atomic mass is 10.0. The number of hydrogen-bond acceptors (Lipinski definition) is 8. The number of nitrogens with zero attached hydrogens (tertiary/aromatic N) is 5. The number of benzene rings is 2. The topological polar surface area (TPSA) is 101 Å². The van der Waals surface area contributed by atoms with Gasteiger partial charge >= 0.3 is 5.97 Å². The number of carboxylic acids is 1. The van der Waals surface area contributed by atoms with Gasteiger partial charge in [-0.1, -0.05) is 11.6 Å². The number of ether oxygens (including phenoxy) is 1. The number of aromatic carboxylic acids is 1. The zero-order chi connectivity index (χ0) is 30.4. The lowest BCUT2D eigenvalue weighted by Gasteiger charge is -2.34. The van der Waals surface area contributed by atoms with E-state index in [4.69, 9.17) is 16.3 Å². The predicted molar refractivity (Wildman–Crippen MR) is 168 cm³/mol. The van der Waals surface area contributed by atoms with Gasteiger partial charge in [0.05, 0.1) is 38.9 Å². The third kappa shape index (κ3) is 5.55. The number of halogens is 2. The maximum Gasteiger partial charge on any atom is 0.338 e. The quantitative estimate of drug-likeness (QED) is 0.250. The summed E-state index contributed by atoms with van der Waals surface area (Å²) in [6.07, 6.45) is 0. The third-order valence-electron chi connectivity index (χ3n) is 7.74. The van der Waals surface area contributed by atoms with Gasteiger partial charge in [0.2, 0.25) is 0 Å². The van der Waals surface area contributed by atoms with Crippen molar-refractivity contribution in [2.24, 2.45) is 0 Å². The highest BCUT2D eigenvalue weighted by Crippen LogP contribution is 2.40. The molecule has 0 radical (unpaired) electrons. The minimum absolute atomic E-state index is 0.142. The SMILES string of the molecule is Cc1cc(-c2cc(Cl)ccc2OCCn2c(C)nc3cc(F)c(N4CCN(C)CC4)cc3c2=O)c2scc(C(=O)O)c2n1. The highest BCUT2D eigenvalue weighted by Gasteiger charge is 2.21. The van der Waals surface area contributed by atoms with Crippen LogP contribution in [0, 0.1) is 19.7 Å². The lowest BCUT2D eigenvalue weighted by Crippen LogP contribution is -2.44. The van der Waals surface area contributed by atoms with Gasteiger partial charge in [-0.2, -0.15) is 0 Å². The average molecular weight is 622 g/mol. The molecular weight excluding hydrogens is 593 g/mol. The van der Waals surface area contributed by atoms with E-state index in [2.05, 4.69) is 14.9 Å². The number of pyridine rings is 1. The summed E-state index contributed by atoms with van der Waals surface area (Å²) in [5.41, 5.74) is 3.14. The molecule has 43 heavy (non-hydrogen) atoms. The minimum atomic E-state index is -1.04. The number of aromatic nitrogens is 3.